The second kappa shape index (κ2) is 4.99. The number of hydrogen-bond donors (Lipinski definition) is 3. The number of carbonyl (C=O) groups is 2. The fourth-order valence-corrected chi connectivity index (χ4v) is 1.46. The molecule has 0 saturated heterocycles. The Morgan fingerprint density at radius 3 is 2.56 bits per heavy atom. The lowest BCUT2D eigenvalue weighted by atomic mass is 10.1. The Balaban J connectivity index is 2.26. The Hall–Kier alpha value is -2.18. The molecule has 0 radical (unpaired) electrons. The summed E-state index contributed by atoms with van der Waals surface area (Å²) in [5.41, 5.74) is 4.15. The van der Waals surface area contributed by atoms with Crippen LogP contribution in [0.5, 0.6) is 0 Å². The average Bonchev–Trinajstić information content (AvgIpc) is 3.14. The topological polar surface area (TPSA) is 70.2 Å². The highest BCUT2D eigenvalue weighted by Crippen LogP contribution is 2.28. The van der Waals surface area contributed by atoms with Gasteiger partial charge in [0.15, 0.2) is 11.6 Å². The van der Waals surface area contributed by atoms with Crippen LogP contribution in [-0.4, -0.2) is 18.4 Å². The van der Waals surface area contributed by atoms with Gasteiger partial charge in [-0.3, -0.25) is 20.4 Å². The highest BCUT2D eigenvalue weighted by Gasteiger charge is 2.24. The van der Waals surface area contributed by atoms with Gasteiger partial charge in [0.25, 0.3) is 5.91 Å². The van der Waals surface area contributed by atoms with Crippen molar-refractivity contribution in [1.82, 2.24) is 10.9 Å². The second-order valence-electron chi connectivity index (χ2n) is 3.95. The van der Waals surface area contributed by atoms with Crippen molar-refractivity contribution in [2.24, 2.45) is 0 Å². The number of hydrazine groups is 1. The van der Waals surface area contributed by atoms with Gasteiger partial charge in [0.1, 0.15) is 0 Å². The minimum atomic E-state index is -1.12. The number of hydrogen-bond acceptors (Lipinski definition) is 3. The smallest absolute Gasteiger partial charge is 0.271 e. The molecule has 1 aromatic rings. The van der Waals surface area contributed by atoms with Crippen molar-refractivity contribution in [3.63, 3.8) is 0 Å². The molecule has 18 heavy (non-hydrogen) atoms. The van der Waals surface area contributed by atoms with E-state index in [-0.39, 0.29) is 23.7 Å². The molecule has 7 heteroatoms. The molecule has 5 nitrogen and oxygen atoms in total. The number of carbonyl (C=O) groups excluding carboxylic acids is 2. The van der Waals surface area contributed by atoms with E-state index in [1.807, 2.05) is 10.9 Å². The molecular weight excluding hydrogens is 244 g/mol. The first-order valence-corrected chi connectivity index (χ1v) is 5.37. The van der Waals surface area contributed by atoms with E-state index in [1.54, 1.807) is 0 Å². The lowest BCUT2D eigenvalue weighted by molar-refractivity contribution is -0.110. The van der Waals surface area contributed by atoms with Crippen molar-refractivity contribution < 1.29 is 18.4 Å². The third-order valence-corrected chi connectivity index (χ3v) is 2.49. The number of anilines is 1. The van der Waals surface area contributed by atoms with Crippen LogP contribution in [0.1, 0.15) is 23.2 Å². The summed E-state index contributed by atoms with van der Waals surface area (Å²) in [6.45, 7) is 0. The summed E-state index contributed by atoms with van der Waals surface area (Å²) in [5, 5.41) is 2.93. The lowest BCUT2D eigenvalue weighted by Crippen LogP contribution is -2.36. The van der Waals surface area contributed by atoms with E-state index in [0.717, 1.165) is 25.0 Å². The molecule has 1 saturated carbocycles. The standard InChI is InChI=1S/C11H11F2N3O2/c12-8-3-7(11(18)16-14-5-17)10(4-9(8)13)15-6-1-2-6/h3-6,15H,1-2H2,(H,14,17)(H,16,18). The summed E-state index contributed by atoms with van der Waals surface area (Å²) in [6, 6.07) is 1.91. The molecule has 0 bridgehead atoms. The van der Waals surface area contributed by atoms with Gasteiger partial charge >= 0.3 is 0 Å². The summed E-state index contributed by atoms with van der Waals surface area (Å²) in [7, 11) is 0. The summed E-state index contributed by atoms with van der Waals surface area (Å²) in [4.78, 5) is 21.7. The van der Waals surface area contributed by atoms with E-state index in [9.17, 15) is 18.4 Å². The van der Waals surface area contributed by atoms with E-state index in [0.29, 0.717) is 0 Å². The van der Waals surface area contributed by atoms with Gasteiger partial charge in [0, 0.05) is 12.1 Å². The Morgan fingerprint density at radius 1 is 1.28 bits per heavy atom. The van der Waals surface area contributed by atoms with Gasteiger partial charge in [-0.15, -0.1) is 0 Å². The largest absolute Gasteiger partial charge is 0.382 e. The van der Waals surface area contributed by atoms with Gasteiger partial charge in [0.05, 0.1) is 11.3 Å². The van der Waals surface area contributed by atoms with Gasteiger partial charge in [-0.2, -0.15) is 0 Å². The molecule has 0 spiro atoms. The molecule has 1 fully saturated rings. The molecule has 1 aliphatic rings. The first-order chi connectivity index (χ1) is 8.61. The van der Waals surface area contributed by atoms with Crippen LogP contribution in [0.15, 0.2) is 12.1 Å². The predicted molar refractivity (Wildman–Crippen MR) is 59.7 cm³/mol. The Bertz CT molecular complexity index is 489. The highest BCUT2D eigenvalue weighted by molar-refractivity contribution is 5.99. The number of rotatable bonds is 5. The zero-order valence-corrected chi connectivity index (χ0v) is 9.30. The number of nitrogens with one attached hydrogen (secondary N) is 3. The molecule has 3 N–H and O–H groups in total. The fraction of sp³-hybridized carbons (Fsp3) is 0.273. The molecule has 0 unspecified atom stereocenters. The molecule has 96 valence electrons. The number of halogens is 2. The molecule has 0 aliphatic heterocycles. The van der Waals surface area contributed by atoms with Crippen molar-refractivity contribution in [3.8, 4) is 0 Å². The Morgan fingerprint density at radius 2 is 1.94 bits per heavy atom. The molecule has 0 heterocycles. The van der Waals surface area contributed by atoms with Crippen molar-refractivity contribution in [1.29, 1.82) is 0 Å². The predicted octanol–water partition coefficient (Wildman–Crippen LogP) is 0.930. The van der Waals surface area contributed by atoms with Gasteiger partial charge in [-0.05, 0) is 18.9 Å². The molecule has 0 atom stereocenters. The molecule has 1 aliphatic carbocycles. The van der Waals surface area contributed by atoms with E-state index in [4.69, 9.17) is 0 Å². The first-order valence-electron chi connectivity index (χ1n) is 5.37. The highest BCUT2D eigenvalue weighted by atomic mass is 19.2. The maximum atomic E-state index is 13.1. The molecule has 2 rings (SSSR count). The molecule has 0 aromatic heterocycles. The molecule has 1 aromatic carbocycles. The molecule has 2 amide bonds. The van der Waals surface area contributed by atoms with Crippen molar-refractivity contribution in [3.05, 3.63) is 29.3 Å². The maximum absolute atomic E-state index is 13.1. The van der Waals surface area contributed by atoms with E-state index in [2.05, 4.69) is 5.32 Å². The maximum Gasteiger partial charge on any atom is 0.271 e. The summed E-state index contributed by atoms with van der Waals surface area (Å²) >= 11 is 0. The normalized spacial score (nSPS) is 13.9. The van der Waals surface area contributed by atoms with Crippen LogP contribution < -0.4 is 16.2 Å². The van der Waals surface area contributed by atoms with Crippen LogP contribution in [0.2, 0.25) is 0 Å². The van der Waals surface area contributed by atoms with Gasteiger partial charge in [-0.25, -0.2) is 8.78 Å². The van der Waals surface area contributed by atoms with Gasteiger partial charge in [0.2, 0.25) is 6.41 Å². The first kappa shape index (κ1) is 12.3. The lowest BCUT2D eigenvalue weighted by Gasteiger charge is -2.11. The quantitative estimate of drug-likeness (QED) is 0.541. The zero-order valence-electron chi connectivity index (χ0n) is 9.30. The summed E-state index contributed by atoms with van der Waals surface area (Å²) < 4.78 is 26.2. The SMILES string of the molecule is O=CNNC(=O)c1cc(F)c(F)cc1NC1CC1. The van der Waals surface area contributed by atoms with Crippen LogP contribution >= 0.6 is 0 Å². The van der Waals surface area contributed by atoms with E-state index < -0.39 is 17.5 Å². The van der Waals surface area contributed by atoms with E-state index >= 15 is 0 Å². The Kier molecular flexibility index (Phi) is 3.40. The monoisotopic (exact) mass is 255 g/mol. The molecular formula is C11H11F2N3O2. The van der Waals surface area contributed by atoms with Crippen molar-refractivity contribution in [2.75, 3.05) is 5.32 Å². The van der Waals surface area contributed by atoms with Crippen LogP contribution in [0, 0.1) is 11.6 Å². The van der Waals surface area contributed by atoms with Crippen LogP contribution in [0.3, 0.4) is 0 Å². The Labute approximate surface area is 102 Å². The van der Waals surface area contributed by atoms with Crippen molar-refractivity contribution >= 4 is 18.0 Å². The summed E-state index contributed by atoms with van der Waals surface area (Å²) in [5.74, 6) is -2.87. The zero-order chi connectivity index (χ0) is 13.1. The van der Waals surface area contributed by atoms with Crippen LogP contribution in [-0.2, 0) is 4.79 Å². The van der Waals surface area contributed by atoms with E-state index in [1.165, 1.54) is 0 Å². The summed E-state index contributed by atoms with van der Waals surface area (Å²) in [6.07, 6.45) is 2.12. The number of benzene rings is 1. The van der Waals surface area contributed by atoms with Crippen LogP contribution in [0.4, 0.5) is 14.5 Å². The third kappa shape index (κ3) is 2.73. The fourth-order valence-electron chi connectivity index (χ4n) is 1.46. The number of amides is 2. The second-order valence-corrected chi connectivity index (χ2v) is 3.95. The average molecular weight is 255 g/mol. The minimum Gasteiger partial charge on any atom is -0.382 e. The van der Waals surface area contributed by atoms with Gasteiger partial charge < -0.3 is 5.32 Å². The van der Waals surface area contributed by atoms with Gasteiger partial charge in [-0.1, -0.05) is 0 Å². The van der Waals surface area contributed by atoms with Crippen LogP contribution in [0.25, 0.3) is 0 Å². The third-order valence-electron chi connectivity index (χ3n) is 2.49. The van der Waals surface area contributed by atoms with Crippen molar-refractivity contribution in [2.45, 2.75) is 18.9 Å². The minimum absolute atomic E-state index is 0.0600.